The van der Waals surface area contributed by atoms with Crippen molar-refractivity contribution >= 4 is 28.3 Å². The van der Waals surface area contributed by atoms with Crippen LogP contribution in [0, 0.1) is 0 Å². The Morgan fingerprint density at radius 1 is 1.15 bits per heavy atom. The van der Waals surface area contributed by atoms with Gasteiger partial charge in [-0.3, -0.25) is 4.79 Å². The summed E-state index contributed by atoms with van der Waals surface area (Å²) in [5, 5.41) is 10.9. The largest absolute Gasteiger partial charge is 0.387 e. The van der Waals surface area contributed by atoms with E-state index in [9.17, 15) is 4.79 Å². The second-order valence-corrected chi connectivity index (χ2v) is 9.26. The van der Waals surface area contributed by atoms with Gasteiger partial charge in [0.05, 0.1) is 11.3 Å². The summed E-state index contributed by atoms with van der Waals surface area (Å²) >= 11 is 0. The van der Waals surface area contributed by atoms with Gasteiger partial charge in [0, 0.05) is 68.8 Å². The number of hydrogen-bond acceptors (Lipinski definition) is 5. The maximum atomic E-state index is 12.9. The molecule has 0 saturated carbocycles. The SMILES string of the molecule is CCCn1ccc2c(NC)c(C(=O)NCCc3ccc(N4CC5CCC(C4)N5)cc3)cnc21. The molecule has 2 unspecified atom stereocenters. The van der Waals surface area contributed by atoms with Gasteiger partial charge in [-0.05, 0) is 49.4 Å². The Balaban J connectivity index is 1.19. The standard InChI is InChI=1S/C26H34N6O/c1-3-13-31-14-11-22-24(27-2)23(15-29-25(22)31)26(33)28-12-10-18-4-8-21(9-5-18)32-16-19-6-7-20(17-32)30-19/h4-5,8-9,11,14-15,19-20,30H,3,6-7,10,12-13,16-17H2,1-2H3,(H,27,29)(H,28,33). The van der Waals surface area contributed by atoms with Gasteiger partial charge in [-0.15, -0.1) is 0 Å². The minimum absolute atomic E-state index is 0.0927. The Kier molecular flexibility index (Phi) is 6.22. The van der Waals surface area contributed by atoms with Gasteiger partial charge >= 0.3 is 0 Å². The molecule has 0 radical (unpaired) electrons. The van der Waals surface area contributed by atoms with Crippen molar-refractivity contribution < 1.29 is 4.79 Å². The molecule has 7 heteroatoms. The second-order valence-electron chi connectivity index (χ2n) is 9.26. The number of anilines is 2. The summed E-state index contributed by atoms with van der Waals surface area (Å²) in [7, 11) is 1.86. The fourth-order valence-corrected chi connectivity index (χ4v) is 5.30. The molecule has 2 bridgehead atoms. The zero-order valence-corrected chi connectivity index (χ0v) is 19.6. The van der Waals surface area contributed by atoms with E-state index < -0.39 is 0 Å². The maximum Gasteiger partial charge on any atom is 0.254 e. The minimum Gasteiger partial charge on any atom is -0.387 e. The first-order chi connectivity index (χ1) is 16.2. The van der Waals surface area contributed by atoms with Crippen LogP contribution in [0.4, 0.5) is 11.4 Å². The molecule has 3 N–H and O–H groups in total. The molecule has 0 spiro atoms. The lowest BCUT2D eigenvalue weighted by Crippen LogP contribution is -2.51. The first-order valence-corrected chi connectivity index (χ1v) is 12.2. The van der Waals surface area contributed by atoms with Gasteiger partial charge in [0.15, 0.2) is 0 Å². The molecule has 33 heavy (non-hydrogen) atoms. The highest BCUT2D eigenvalue weighted by molar-refractivity contribution is 6.06. The summed E-state index contributed by atoms with van der Waals surface area (Å²) in [6.45, 7) is 5.85. The Morgan fingerprint density at radius 3 is 2.61 bits per heavy atom. The summed E-state index contributed by atoms with van der Waals surface area (Å²) in [4.78, 5) is 20.0. The Morgan fingerprint density at radius 2 is 1.91 bits per heavy atom. The van der Waals surface area contributed by atoms with E-state index in [0.29, 0.717) is 24.2 Å². The summed E-state index contributed by atoms with van der Waals surface area (Å²) < 4.78 is 2.13. The number of pyridine rings is 1. The summed E-state index contributed by atoms with van der Waals surface area (Å²) in [6, 6.07) is 12.1. The molecule has 2 saturated heterocycles. The van der Waals surface area contributed by atoms with Gasteiger partial charge in [-0.1, -0.05) is 19.1 Å². The van der Waals surface area contributed by atoms with Crippen LogP contribution in [0.25, 0.3) is 11.0 Å². The molecule has 2 fully saturated rings. The Bertz CT molecular complexity index is 1110. The average molecular weight is 447 g/mol. The topological polar surface area (TPSA) is 74.2 Å². The van der Waals surface area contributed by atoms with Crippen LogP contribution in [0.3, 0.4) is 0 Å². The summed E-state index contributed by atoms with van der Waals surface area (Å²) in [6.07, 6.45) is 8.15. The highest BCUT2D eigenvalue weighted by Crippen LogP contribution is 2.27. The number of fused-ring (bicyclic) bond motifs is 3. The highest BCUT2D eigenvalue weighted by atomic mass is 16.1. The number of carbonyl (C=O) groups excluding carboxylic acids is 1. The molecule has 1 amide bonds. The van der Waals surface area contributed by atoms with Crippen molar-refractivity contribution in [3.8, 4) is 0 Å². The number of nitrogens with zero attached hydrogens (tertiary/aromatic N) is 3. The number of carbonyl (C=O) groups is 1. The molecule has 3 aromatic rings. The van der Waals surface area contributed by atoms with Crippen LogP contribution >= 0.6 is 0 Å². The fraction of sp³-hybridized carbons (Fsp3) is 0.462. The molecule has 5 rings (SSSR count). The molecule has 0 aliphatic carbocycles. The quantitative estimate of drug-likeness (QED) is 0.495. The number of aryl methyl sites for hydroxylation is 1. The van der Waals surface area contributed by atoms with E-state index in [2.05, 4.69) is 61.6 Å². The van der Waals surface area contributed by atoms with Crippen molar-refractivity contribution in [3.63, 3.8) is 0 Å². The van der Waals surface area contributed by atoms with E-state index in [1.807, 2.05) is 19.3 Å². The predicted octanol–water partition coefficient (Wildman–Crippen LogP) is 3.40. The molecule has 174 valence electrons. The van der Waals surface area contributed by atoms with Crippen molar-refractivity contribution in [2.24, 2.45) is 0 Å². The third-order valence-electron chi connectivity index (χ3n) is 6.97. The van der Waals surface area contributed by atoms with Crippen LogP contribution in [-0.4, -0.2) is 54.2 Å². The van der Waals surface area contributed by atoms with Crippen molar-refractivity contribution in [2.45, 2.75) is 51.2 Å². The lowest BCUT2D eigenvalue weighted by molar-refractivity contribution is 0.0954. The number of benzene rings is 1. The van der Waals surface area contributed by atoms with Gasteiger partial charge in [-0.2, -0.15) is 0 Å². The number of piperazine rings is 1. The number of amides is 1. The first kappa shape index (κ1) is 21.8. The van der Waals surface area contributed by atoms with E-state index in [-0.39, 0.29) is 5.91 Å². The van der Waals surface area contributed by atoms with Gasteiger partial charge in [0.1, 0.15) is 5.65 Å². The minimum atomic E-state index is -0.0927. The normalized spacial score (nSPS) is 19.8. The first-order valence-electron chi connectivity index (χ1n) is 12.2. The van der Waals surface area contributed by atoms with E-state index in [0.717, 1.165) is 49.2 Å². The molecular weight excluding hydrogens is 412 g/mol. The van der Waals surface area contributed by atoms with Gasteiger partial charge in [0.25, 0.3) is 5.91 Å². The molecule has 2 aliphatic heterocycles. The van der Waals surface area contributed by atoms with Crippen LogP contribution < -0.4 is 20.9 Å². The Labute approximate surface area is 195 Å². The summed E-state index contributed by atoms with van der Waals surface area (Å²) in [5.74, 6) is -0.0927. The lowest BCUT2D eigenvalue weighted by atomic mass is 10.1. The molecule has 2 aliphatic rings. The van der Waals surface area contributed by atoms with Crippen LogP contribution in [0.1, 0.15) is 42.1 Å². The van der Waals surface area contributed by atoms with Gasteiger partial charge in [0.2, 0.25) is 0 Å². The van der Waals surface area contributed by atoms with E-state index in [1.54, 1.807) is 6.20 Å². The molecule has 7 nitrogen and oxygen atoms in total. The highest BCUT2D eigenvalue weighted by Gasteiger charge is 2.32. The number of hydrogen-bond donors (Lipinski definition) is 3. The fourth-order valence-electron chi connectivity index (χ4n) is 5.30. The van der Waals surface area contributed by atoms with Crippen LogP contribution in [0.5, 0.6) is 0 Å². The third kappa shape index (κ3) is 4.42. The smallest absolute Gasteiger partial charge is 0.254 e. The van der Waals surface area contributed by atoms with Crippen LogP contribution in [-0.2, 0) is 13.0 Å². The van der Waals surface area contributed by atoms with Gasteiger partial charge in [-0.25, -0.2) is 4.98 Å². The summed E-state index contributed by atoms with van der Waals surface area (Å²) in [5.41, 5.74) is 4.87. The van der Waals surface area contributed by atoms with E-state index in [1.165, 1.54) is 24.1 Å². The maximum absolute atomic E-state index is 12.9. The molecule has 2 atom stereocenters. The Hall–Kier alpha value is -3.06. The second kappa shape index (κ2) is 9.43. The van der Waals surface area contributed by atoms with E-state index in [4.69, 9.17) is 0 Å². The van der Waals surface area contributed by atoms with Crippen molar-refractivity contribution in [3.05, 3.63) is 53.9 Å². The molecule has 4 heterocycles. The van der Waals surface area contributed by atoms with Crippen molar-refractivity contribution in [2.75, 3.05) is 36.9 Å². The van der Waals surface area contributed by atoms with Crippen LogP contribution in [0.2, 0.25) is 0 Å². The zero-order valence-electron chi connectivity index (χ0n) is 19.6. The number of rotatable bonds is 8. The average Bonchev–Trinajstić information content (AvgIpc) is 3.41. The van der Waals surface area contributed by atoms with E-state index >= 15 is 0 Å². The molecule has 1 aromatic carbocycles. The lowest BCUT2D eigenvalue weighted by Gasteiger charge is -2.34. The molecular formula is C26H34N6O. The molecule has 2 aromatic heterocycles. The van der Waals surface area contributed by atoms with Gasteiger partial charge < -0.3 is 25.4 Å². The predicted molar refractivity (Wildman–Crippen MR) is 134 cm³/mol. The van der Waals surface area contributed by atoms with Crippen molar-refractivity contribution in [1.29, 1.82) is 0 Å². The monoisotopic (exact) mass is 446 g/mol. The number of nitrogens with one attached hydrogen (secondary N) is 3. The zero-order chi connectivity index (χ0) is 22.8. The number of aromatic nitrogens is 2. The van der Waals surface area contributed by atoms with Crippen LogP contribution in [0.15, 0.2) is 42.7 Å². The third-order valence-corrected chi connectivity index (χ3v) is 6.97. The van der Waals surface area contributed by atoms with Crippen molar-refractivity contribution in [1.82, 2.24) is 20.2 Å².